The Balaban J connectivity index is 2.68. The molecule has 2 rings (SSSR count). The molecule has 8 heteroatoms. The molecule has 0 aliphatic rings. The molecule has 0 aliphatic carbocycles. The fraction of sp³-hybridized carbons (Fsp3) is 0.333. The smallest absolute Gasteiger partial charge is 0.320 e. The van der Waals surface area contributed by atoms with Crippen LogP contribution in [0.25, 0.3) is 10.9 Å². The van der Waals surface area contributed by atoms with Gasteiger partial charge in [-0.1, -0.05) is 0 Å². The number of hydrogen-bond acceptors (Lipinski definition) is 6. The van der Waals surface area contributed by atoms with Gasteiger partial charge in [-0.2, -0.15) is 0 Å². The molecule has 0 atom stereocenters. The van der Waals surface area contributed by atoms with Gasteiger partial charge in [-0.05, 0) is 12.1 Å². The molecule has 0 radical (unpaired) electrons. The van der Waals surface area contributed by atoms with Crippen LogP contribution in [-0.2, 0) is 0 Å². The minimum atomic E-state index is -0.144. The van der Waals surface area contributed by atoms with Crippen molar-refractivity contribution >= 4 is 22.3 Å². The van der Waals surface area contributed by atoms with E-state index in [4.69, 9.17) is 15.9 Å². The number of aliphatic hydroxyl groups is 2. The highest BCUT2D eigenvalue weighted by Crippen LogP contribution is 2.27. The van der Waals surface area contributed by atoms with Crippen LogP contribution in [0.5, 0.6) is 0 Å². The molecule has 0 saturated carbocycles. The summed E-state index contributed by atoms with van der Waals surface area (Å²) < 4.78 is 0. The third kappa shape index (κ3) is 2.38. The molecule has 0 unspecified atom stereocenters. The standard InChI is InChI=1S/C12H16N4O4/c13-10-1-2-11(14(5-7-17)6-8-18)12-9(10)3-4-15(19)16(12)20/h1-4,17-18H,5-8,13H2. The highest BCUT2D eigenvalue weighted by atomic mass is 16.6. The maximum atomic E-state index is 12.0. The van der Waals surface area contributed by atoms with E-state index in [1.165, 1.54) is 6.07 Å². The second-order valence-electron chi connectivity index (χ2n) is 4.26. The molecule has 0 aliphatic heterocycles. The van der Waals surface area contributed by atoms with Crippen molar-refractivity contribution in [1.82, 2.24) is 0 Å². The van der Waals surface area contributed by atoms with Crippen molar-refractivity contribution in [2.75, 3.05) is 36.9 Å². The molecule has 0 fully saturated rings. The van der Waals surface area contributed by atoms with Crippen molar-refractivity contribution in [3.8, 4) is 0 Å². The summed E-state index contributed by atoms with van der Waals surface area (Å²) >= 11 is 0. The van der Waals surface area contributed by atoms with Crippen LogP contribution in [0.4, 0.5) is 11.4 Å². The second kappa shape index (κ2) is 5.76. The summed E-state index contributed by atoms with van der Waals surface area (Å²) in [4.78, 5) is 1.97. The fourth-order valence-electron chi connectivity index (χ4n) is 2.14. The molecule has 1 aromatic carbocycles. The van der Waals surface area contributed by atoms with E-state index < -0.39 is 0 Å². The molecule has 108 valence electrons. The lowest BCUT2D eigenvalue weighted by Gasteiger charge is -2.22. The van der Waals surface area contributed by atoms with Crippen LogP contribution in [0.15, 0.2) is 24.4 Å². The van der Waals surface area contributed by atoms with E-state index in [9.17, 15) is 10.4 Å². The Morgan fingerprint density at radius 1 is 1.10 bits per heavy atom. The Morgan fingerprint density at radius 3 is 2.35 bits per heavy atom. The van der Waals surface area contributed by atoms with Gasteiger partial charge in [0.25, 0.3) is 6.20 Å². The van der Waals surface area contributed by atoms with E-state index in [-0.39, 0.29) is 41.5 Å². The number of hydrogen-bond donors (Lipinski definition) is 3. The van der Waals surface area contributed by atoms with E-state index in [0.717, 1.165) is 6.20 Å². The fourth-order valence-corrected chi connectivity index (χ4v) is 2.14. The van der Waals surface area contributed by atoms with Crippen molar-refractivity contribution < 1.29 is 19.9 Å². The Labute approximate surface area is 115 Å². The van der Waals surface area contributed by atoms with Gasteiger partial charge in [-0.15, -0.1) is 0 Å². The molecule has 1 aromatic heterocycles. The maximum absolute atomic E-state index is 12.0. The molecule has 2 aromatic rings. The number of fused-ring (bicyclic) bond motifs is 1. The third-order valence-corrected chi connectivity index (χ3v) is 3.05. The van der Waals surface area contributed by atoms with Gasteiger partial charge in [0.15, 0.2) is 0 Å². The first-order valence-electron chi connectivity index (χ1n) is 6.11. The van der Waals surface area contributed by atoms with Gasteiger partial charge in [-0.3, -0.25) is 0 Å². The topological polar surface area (TPSA) is 124 Å². The number of aliphatic hydroxyl groups excluding tert-OH is 2. The molecular weight excluding hydrogens is 264 g/mol. The number of anilines is 2. The molecular formula is C12H16N4O4. The highest BCUT2D eigenvalue weighted by molar-refractivity contribution is 5.96. The summed E-state index contributed by atoms with van der Waals surface area (Å²) in [6, 6.07) is 4.68. The summed E-state index contributed by atoms with van der Waals surface area (Å²) in [5.41, 5.74) is 6.75. The monoisotopic (exact) mass is 280 g/mol. The van der Waals surface area contributed by atoms with Gasteiger partial charge in [0.1, 0.15) is 5.69 Å². The highest BCUT2D eigenvalue weighted by Gasteiger charge is 2.22. The van der Waals surface area contributed by atoms with Gasteiger partial charge in [0, 0.05) is 24.8 Å². The number of nitrogens with zero attached hydrogens (tertiary/aromatic N) is 3. The zero-order valence-corrected chi connectivity index (χ0v) is 10.8. The number of nitrogen functional groups attached to an aromatic ring is 1. The maximum Gasteiger partial charge on any atom is 0.320 e. The molecule has 0 bridgehead atoms. The minimum Gasteiger partial charge on any atom is -0.561 e. The van der Waals surface area contributed by atoms with E-state index in [1.807, 2.05) is 0 Å². The average molecular weight is 280 g/mol. The predicted molar refractivity (Wildman–Crippen MR) is 72.7 cm³/mol. The summed E-state index contributed by atoms with van der Waals surface area (Å²) in [5.74, 6) is 0. The minimum absolute atomic E-state index is 0.115. The Kier molecular flexibility index (Phi) is 4.06. The van der Waals surface area contributed by atoms with Crippen molar-refractivity contribution in [2.45, 2.75) is 0 Å². The number of nitrogens with two attached hydrogens (primary N) is 1. The Bertz CT molecular complexity index is 614. The van der Waals surface area contributed by atoms with E-state index >= 15 is 0 Å². The van der Waals surface area contributed by atoms with Crippen LogP contribution in [0.1, 0.15) is 0 Å². The Hall–Kier alpha value is -2.32. The zero-order valence-electron chi connectivity index (χ0n) is 10.8. The van der Waals surface area contributed by atoms with Crippen LogP contribution < -0.4 is 20.3 Å². The largest absolute Gasteiger partial charge is 0.561 e. The molecule has 20 heavy (non-hydrogen) atoms. The van der Waals surface area contributed by atoms with Crippen molar-refractivity contribution in [1.29, 1.82) is 0 Å². The third-order valence-electron chi connectivity index (χ3n) is 3.05. The molecule has 8 nitrogen and oxygen atoms in total. The normalized spacial score (nSPS) is 10.9. The Morgan fingerprint density at radius 2 is 1.75 bits per heavy atom. The van der Waals surface area contributed by atoms with Crippen LogP contribution >= 0.6 is 0 Å². The second-order valence-corrected chi connectivity index (χ2v) is 4.26. The first-order valence-corrected chi connectivity index (χ1v) is 6.11. The molecule has 1 heterocycles. The lowest BCUT2D eigenvalue weighted by atomic mass is 10.1. The van der Waals surface area contributed by atoms with E-state index in [0.29, 0.717) is 16.8 Å². The SMILES string of the molecule is Nc1ccc(N(CCO)CCO)c2c1cc[n+]([O-])[n+]2[O-]. The molecule has 4 N–H and O–H groups in total. The quantitative estimate of drug-likeness (QED) is 0.347. The number of benzene rings is 1. The first-order chi connectivity index (χ1) is 9.60. The van der Waals surface area contributed by atoms with Crippen molar-refractivity contribution in [3.05, 3.63) is 34.8 Å². The van der Waals surface area contributed by atoms with Gasteiger partial charge in [-0.25, -0.2) is 0 Å². The number of rotatable bonds is 5. The molecule has 0 amide bonds. The van der Waals surface area contributed by atoms with Gasteiger partial charge in [0.05, 0.1) is 28.3 Å². The molecule has 0 spiro atoms. The lowest BCUT2D eigenvalue weighted by Crippen LogP contribution is -2.60. The summed E-state index contributed by atoms with van der Waals surface area (Å²) in [5, 5.41) is 42.0. The van der Waals surface area contributed by atoms with Crippen molar-refractivity contribution in [2.24, 2.45) is 0 Å². The van der Waals surface area contributed by atoms with E-state index in [2.05, 4.69) is 0 Å². The van der Waals surface area contributed by atoms with E-state index in [1.54, 1.807) is 17.0 Å². The molecule has 0 saturated heterocycles. The summed E-state index contributed by atoms with van der Waals surface area (Å²) in [7, 11) is 0. The van der Waals surface area contributed by atoms with Crippen LogP contribution in [0.3, 0.4) is 0 Å². The number of aromatic nitrogens is 2. The van der Waals surface area contributed by atoms with Gasteiger partial charge >= 0.3 is 5.52 Å². The van der Waals surface area contributed by atoms with Crippen LogP contribution in [0.2, 0.25) is 0 Å². The zero-order chi connectivity index (χ0) is 14.7. The average Bonchev–Trinajstić information content (AvgIpc) is 2.43. The van der Waals surface area contributed by atoms with Gasteiger partial charge < -0.3 is 31.3 Å². The first kappa shape index (κ1) is 14.1. The lowest BCUT2D eigenvalue weighted by molar-refractivity contribution is -1.18. The summed E-state index contributed by atoms with van der Waals surface area (Å²) in [6.45, 7) is 0.171. The predicted octanol–water partition coefficient (Wildman–Crippen LogP) is -1.52. The van der Waals surface area contributed by atoms with Gasteiger partial charge in [0.2, 0.25) is 0 Å². The van der Waals surface area contributed by atoms with Crippen LogP contribution in [0, 0.1) is 10.4 Å². The van der Waals surface area contributed by atoms with Crippen LogP contribution in [-0.4, -0.2) is 36.5 Å². The summed E-state index contributed by atoms with van der Waals surface area (Å²) in [6.07, 6.45) is 1.08. The van der Waals surface area contributed by atoms with Crippen molar-refractivity contribution in [3.63, 3.8) is 0 Å².